The highest BCUT2D eigenvalue weighted by Crippen LogP contribution is 2.33. The molecule has 3 heterocycles. The first-order valence-corrected chi connectivity index (χ1v) is 8.96. The molecule has 1 saturated heterocycles. The quantitative estimate of drug-likeness (QED) is 0.860. The number of alkyl halides is 2. The molecule has 0 saturated carbocycles. The van der Waals surface area contributed by atoms with Crippen LogP contribution in [0.1, 0.15) is 41.5 Å². The molecule has 0 bridgehead atoms. The first-order chi connectivity index (χ1) is 12.6. The lowest BCUT2D eigenvalue weighted by Crippen LogP contribution is -2.42. The largest absolute Gasteiger partial charge is 0.339 e. The minimum absolute atomic E-state index is 0.00421. The van der Waals surface area contributed by atoms with Gasteiger partial charge in [0, 0.05) is 19.0 Å². The highest BCUT2D eigenvalue weighted by Gasteiger charge is 2.37. The Labute approximate surface area is 159 Å². The normalized spacial score (nSPS) is 16.0. The van der Waals surface area contributed by atoms with Crippen LogP contribution in [-0.4, -0.2) is 49.6 Å². The Morgan fingerprint density at radius 1 is 1.33 bits per heavy atom. The zero-order valence-electron chi connectivity index (χ0n) is 15.2. The first kappa shape index (κ1) is 19.5. The van der Waals surface area contributed by atoms with Crippen LogP contribution >= 0.6 is 11.6 Å². The SMILES string of the molecule is Cc1nc(-n2ncc(C(=O)N3CCC(C(C)(F)F)CC3)c2C)[nH]c(=O)c1Cl. The number of hydrogen-bond acceptors (Lipinski definition) is 4. The number of piperidine rings is 1. The van der Waals surface area contributed by atoms with E-state index in [1.54, 1.807) is 18.7 Å². The predicted octanol–water partition coefficient (Wildman–Crippen LogP) is 2.73. The van der Waals surface area contributed by atoms with Crippen LogP contribution in [0.25, 0.3) is 5.95 Å². The molecule has 0 unspecified atom stereocenters. The van der Waals surface area contributed by atoms with Crippen molar-refractivity contribution in [2.75, 3.05) is 13.1 Å². The van der Waals surface area contributed by atoms with E-state index in [4.69, 9.17) is 11.6 Å². The third kappa shape index (κ3) is 3.73. The maximum absolute atomic E-state index is 13.4. The van der Waals surface area contributed by atoms with Crippen LogP contribution in [0.4, 0.5) is 8.78 Å². The number of halogens is 3. The van der Waals surface area contributed by atoms with Gasteiger partial charge in [-0.05, 0) is 33.6 Å². The third-order valence-corrected chi connectivity index (χ3v) is 5.40. The third-order valence-electron chi connectivity index (χ3n) is 4.96. The molecule has 1 N–H and O–H groups in total. The van der Waals surface area contributed by atoms with Gasteiger partial charge in [0.05, 0.1) is 23.1 Å². The maximum atomic E-state index is 13.4. The summed E-state index contributed by atoms with van der Waals surface area (Å²) < 4.78 is 28.2. The van der Waals surface area contributed by atoms with Crippen molar-refractivity contribution >= 4 is 17.5 Å². The van der Waals surface area contributed by atoms with Crippen LogP contribution < -0.4 is 5.56 Å². The van der Waals surface area contributed by atoms with E-state index in [1.807, 2.05) is 0 Å². The van der Waals surface area contributed by atoms with Gasteiger partial charge in [-0.1, -0.05) is 11.6 Å². The minimum atomic E-state index is -2.74. The van der Waals surface area contributed by atoms with Gasteiger partial charge in [0.2, 0.25) is 11.9 Å². The Balaban J connectivity index is 1.82. The number of nitrogens with zero attached hydrogens (tertiary/aromatic N) is 4. The Morgan fingerprint density at radius 2 is 1.96 bits per heavy atom. The molecule has 27 heavy (non-hydrogen) atoms. The fraction of sp³-hybridized carbons (Fsp3) is 0.529. The average Bonchev–Trinajstić information content (AvgIpc) is 2.99. The van der Waals surface area contributed by atoms with Gasteiger partial charge in [-0.25, -0.2) is 18.4 Å². The smallest absolute Gasteiger partial charge is 0.271 e. The number of likely N-dealkylation sites (tertiary alicyclic amines) is 1. The number of carbonyl (C=O) groups excluding carboxylic acids is 1. The van der Waals surface area contributed by atoms with Crippen LogP contribution in [0.5, 0.6) is 0 Å². The van der Waals surface area contributed by atoms with Crippen LogP contribution in [0.15, 0.2) is 11.0 Å². The van der Waals surface area contributed by atoms with E-state index >= 15 is 0 Å². The summed E-state index contributed by atoms with van der Waals surface area (Å²) in [5.74, 6) is -3.57. The molecule has 7 nitrogen and oxygen atoms in total. The lowest BCUT2D eigenvalue weighted by Gasteiger charge is -2.34. The van der Waals surface area contributed by atoms with E-state index in [0.717, 1.165) is 6.92 Å². The number of carbonyl (C=O) groups is 1. The average molecular weight is 400 g/mol. The second-order valence-corrected chi connectivity index (χ2v) is 7.25. The second kappa shape index (κ2) is 7.03. The number of aryl methyl sites for hydroxylation is 1. The topological polar surface area (TPSA) is 83.9 Å². The van der Waals surface area contributed by atoms with Crippen molar-refractivity contribution in [3.63, 3.8) is 0 Å². The summed E-state index contributed by atoms with van der Waals surface area (Å²) in [6, 6.07) is 0. The van der Waals surface area contributed by atoms with Crippen molar-refractivity contribution in [2.24, 2.45) is 5.92 Å². The Morgan fingerprint density at radius 3 is 2.52 bits per heavy atom. The molecule has 146 valence electrons. The van der Waals surface area contributed by atoms with E-state index in [9.17, 15) is 18.4 Å². The number of hydrogen-bond donors (Lipinski definition) is 1. The molecule has 2 aromatic rings. The number of rotatable bonds is 3. The zero-order valence-corrected chi connectivity index (χ0v) is 16.0. The lowest BCUT2D eigenvalue weighted by molar-refractivity contribution is -0.0595. The first-order valence-electron chi connectivity index (χ1n) is 8.58. The van der Waals surface area contributed by atoms with Gasteiger partial charge in [0.15, 0.2) is 0 Å². The van der Waals surface area contributed by atoms with Crippen LogP contribution in [-0.2, 0) is 0 Å². The lowest BCUT2D eigenvalue weighted by atomic mass is 9.91. The fourth-order valence-corrected chi connectivity index (χ4v) is 3.34. The zero-order chi connectivity index (χ0) is 19.9. The molecule has 10 heteroatoms. The van der Waals surface area contributed by atoms with Crippen LogP contribution in [0.2, 0.25) is 5.02 Å². The number of aromatic amines is 1. The van der Waals surface area contributed by atoms with Gasteiger partial charge in [0.25, 0.3) is 11.5 Å². The Hall–Kier alpha value is -2.29. The molecule has 1 aliphatic rings. The standard InChI is InChI=1S/C17H20ClF2N5O2/c1-9-13(18)14(26)23-16(22-9)25-10(2)12(8-21-25)15(27)24-6-4-11(5-7-24)17(3,19)20/h8,11H,4-7H2,1-3H3,(H,22,23,26). The van der Waals surface area contributed by atoms with Gasteiger partial charge >= 0.3 is 0 Å². The van der Waals surface area contributed by atoms with Crippen molar-refractivity contribution in [1.82, 2.24) is 24.6 Å². The van der Waals surface area contributed by atoms with Crippen molar-refractivity contribution in [3.8, 4) is 5.95 Å². The molecule has 0 aromatic carbocycles. The van der Waals surface area contributed by atoms with Crippen molar-refractivity contribution in [1.29, 1.82) is 0 Å². The summed E-state index contributed by atoms with van der Waals surface area (Å²) in [7, 11) is 0. The molecule has 3 rings (SSSR count). The summed E-state index contributed by atoms with van der Waals surface area (Å²) >= 11 is 5.83. The highest BCUT2D eigenvalue weighted by atomic mass is 35.5. The van der Waals surface area contributed by atoms with Crippen LogP contribution in [0.3, 0.4) is 0 Å². The highest BCUT2D eigenvalue weighted by molar-refractivity contribution is 6.30. The van der Waals surface area contributed by atoms with Crippen LogP contribution in [0, 0.1) is 19.8 Å². The van der Waals surface area contributed by atoms with Crippen molar-refractivity contribution in [2.45, 2.75) is 39.5 Å². The van der Waals surface area contributed by atoms with E-state index < -0.39 is 17.4 Å². The second-order valence-electron chi connectivity index (χ2n) is 6.87. The van der Waals surface area contributed by atoms with Crippen molar-refractivity contribution < 1.29 is 13.6 Å². The maximum Gasteiger partial charge on any atom is 0.271 e. The molecular formula is C17H20ClF2N5O2. The van der Waals surface area contributed by atoms with Gasteiger partial charge in [-0.2, -0.15) is 5.10 Å². The summed E-state index contributed by atoms with van der Waals surface area (Å²) in [6.45, 7) is 4.74. The molecule has 1 amide bonds. The van der Waals surface area contributed by atoms with E-state index in [0.29, 0.717) is 17.0 Å². The van der Waals surface area contributed by atoms with Gasteiger partial charge in [0.1, 0.15) is 5.02 Å². The Kier molecular flexibility index (Phi) is 5.07. The van der Waals surface area contributed by atoms with E-state index in [2.05, 4.69) is 15.1 Å². The number of amides is 1. The number of nitrogens with one attached hydrogen (secondary N) is 1. The molecule has 1 fully saturated rings. The molecular weight excluding hydrogens is 380 g/mol. The molecule has 1 aliphatic heterocycles. The monoisotopic (exact) mass is 399 g/mol. The fourth-order valence-electron chi connectivity index (χ4n) is 3.25. The molecule has 0 spiro atoms. The molecule has 0 aliphatic carbocycles. The molecule has 0 atom stereocenters. The van der Waals surface area contributed by atoms with E-state index in [-0.39, 0.29) is 42.8 Å². The van der Waals surface area contributed by atoms with Crippen molar-refractivity contribution in [3.05, 3.63) is 38.5 Å². The van der Waals surface area contributed by atoms with E-state index in [1.165, 1.54) is 10.9 Å². The summed E-state index contributed by atoms with van der Waals surface area (Å²) in [5, 5.41) is 4.14. The number of aromatic nitrogens is 4. The van der Waals surface area contributed by atoms with Gasteiger partial charge in [-0.3, -0.25) is 14.6 Å². The molecule has 2 aromatic heterocycles. The summed E-state index contributed by atoms with van der Waals surface area (Å²) in [4.78, 5) is 32.9. The van der Waals surface area contributed by atoms with Gasteiger partial charge < -0.3 is 4.90 Å². The number of H-pyrrole nitrogens is 1. The summed E-state index contributed by atoms with van der Waals surface area (Å²) in [6.07, 6.45) is 1.91. The minimum Gasteiger partial charge on any atom is -0.339 e. The summed E-state index contributed by atoms with van der Waals surface area (Å²) in [5.41, 5.74) is 0.685. The van der Waals surface area contributed by atoms with Gasteiger partial charge in [-0.15, -0.1) is 0 Å². The molecule has 0 radical (unpaired) electrons. The predicted molar refractivity (Wildman–Crippen MR) is 95.7 cm³/mol. The Bertz CT molecular complexity index is 926.